The number of hydrogen-bond donors (Lipinski definition) is 0. The van der Waals surface area contributed by atoms with E-state index < -0.39 is 0 Å². The Morgan fingerprint density at radius 2 is 1.22 bits per heavy atom. The van der Waals surface area contributed by atoms with Crippen LogP contribution in [-0.4, -0.2) is 8.41 Å². The second-order valence-electron chi connectivity index (χ2n) is 9.55. The molecular weight excluding hydrogens is 275 g/mol. The monoisotopic (exact) mass is 318 g/mol. The van der Waals surface area contributed by atoms with Crippen molar-refractivity contribution in [1.29, 1.82) is 0 Å². The van der Waals surface area contributed by atoms with E-state index in [1.165, 1.54) is 6.42 Å². The SMILES string of the molecule is C.CC1CCC2C3CCC4CCCC4C3[C@@H](C)[C@H](C)C2C1C.[2HH].[B]. The van der Waals surface area contributed by atoms with Crippen LogP contribution in [0.4, 0.5) is 0 Å². The van der Waals surface area contributed by atoms with Crippen molar-refractivity contribution in [2.24, 2.45) is 59.2 Å². The van der Waals surface area contributed by atoms with Gasteiger partial charge in [0.2, 0.25) is 0 Å². The van der Waals surface area contributed by atoms with Gasteiger partial charge in [0, 0.05) is 9.84 Å². The molecule has 8 unspecified atom stereocenters. The van der Waals surface area contributed by atoms with Crippen molar-refractivity contribution >= 4 is 8.41 Å². The zero-order chi connectivity index (χ0) is 14.7. The molecule has 1 heteroatoms. The predicted octanol–water partition coefficient (Wildman–Crippen LogP) is 6.51. The molecule has 0 aliphatic heterocycles. The Morgan fingerprint density at radius 1 is 0.609 bits per heavy atom. The standard InChI is InChI=1S/C21H36.CH4.B.H2/c1-12-8-10-18-19-11-9-16-6-5-7-17(16)21(19)15(4)14(3)20(18)13(12)2;;;/h12-21H,5-11H2,1-4H3;1H4;;1H/t12?,13?,14-,15-,16?,17?,18?,19?,20?,21?;;;/m0.../s1/i;;;1+1. The molecule has 0 bridgehead atoms. The molecule has 3 radical (unpaired) electrons. The number of rotatable bonds is 0. The smallest absolute Gasteiger partial charge is 0 e. The largest absolute Gasteiger partial charge is 0.0776 e. The lowest BCUT2D eigenvalue weighted by Gasteiger charge is -2.59. The van der Waals surface area contributed by atoms with E-state index in [-0.39, 0.29) is 17.3 Å². The van der Waals surface area contributed by atoms with Crippen LogP contribution in [-0.2, 0) is 0 Å². The van der Waals surface area contributed by atoms with Gasteiger partial charge in [-0.3, -0.25) is 0 Å². The molecule has 0 heterocycles. The van der Waals surface area contributed by atoms with Crippen LogP contribution < -0.4 is 0 Å². The molecule has 4 fully saturated rings. The molecule has 10 atom stereocenters. The summed E-state index contributed by atoms with van der Waals surface area (Å²) in [6.07, 6.45) is 10.9. The maximum absolute atomic E-state index is 2.64. The third-order valence-electron chi connectivity index (χ3n) is 9.13. The van der Waals surface area contributed by atoms with Crippen LogP contribution in [0.5, 0.6) is 0 Å². The van der Waals surface area contributed by atoms with Crippen molar-refractivity contribution in [2.75, 3.05) is 0 Å². The van der Waals surface area contributed by atoms with Gasteiger partial charge in [0.15, 0.2) is 0 Å². The van der Waals surface area contributed by atoms with Gasteiger partial charge >= 0.3 is 0 Å². The first-order valence-corrected chi connectivity index (χ1v) is 10.1. The fourth-order valence-electron chi connectivity index (χ4n) is 7.88. The summed E-state index contributed by atoms with van der Waals surface area (Å²) in [6, 6.07) is 0. The summed E-state index contributed by atoms with van der Waals surface area (Å²) in [4.78, 5) is 0. The Hall–Kier alpha value is 0.0649. The highest BCUT2D eigenvalue weighted by molar-refractivity contribution is 5.75. The van der Waals surface area contributed by atoms with Gasteiger partial charge in [0.25, 0.3) is 0 Å². The molecule has 4 rings (SSSR count). The van der Waals surface area contributed by atoms with Crippen molar-refractivity contribution in [1.82, 2.24) is 0 Å². The summed E-state index contributed by atoms with van der Waals surface area (Å²) >= 11 is 0. The Balaban J connectivity index is 0.000000960. The summed E-state index contributed by atoms with van der Waals surface area (Å²) in [5, 5.41) is 0. The summed E-state index contributed by atoms with van der Waals surface area (Å²) in [5.41, 5.74) is 0. The fraction of sp³-hybridized carbons (Fsp3) is 1.00. The quantitative estimate of drug-likeness (QED) is 0.446. The Bertz CT molecular complexity index is 397. The van der Waals surface area contributed by atoms with E-state index in [2.05, 4.69) is 27.7 Å². The molecule has 0 saturated heterocycles. The highest BCUT2D eigenvalue weighted by Gasteiger charge is 2.55. The molecule has 4 aliphatic rings. The number of hydrogen-bond acceptors (Lipinski definition) is 0. The van der Waals surface area contributed by atoms with Crippen LogP contribution in [0.15, 0.2) is 0 Å². The van der Waals surface area contributed by atoms with Gasteiger partial charge in [-0.1, -0.05) is 54.4 Å². The van der Waals surface area contributed by atoms with Gasteiger partial charge < -0.3 is 0 Å². The fourth-order valence-corrected chi connectivity index (χ4v) is 7.88. The van der Waals surface area contributed by atoms with Crippen LogP contribution in [0.25, 0.3) is 0 Å². The minimum Gasteiger partial charge on any atom is -0.0776 e. The van der Waals surface area contributed by atoms with Gasteiger partial charge in [-0.2, -0.15) is 0 Å². The average molecular weight is 318 g/mol. The van der Waals surface area contributed by atoms with E-state index >= 15 is 0 Å². The predicted molar refractivity (Wildman–Crippen MR) is 105 cm³/mol. The minimum atomic E-state index is 0. The summed E-state index contributed by atoms with van der Waals surface area (Å²) in [5.74, 6) is 10.5. The lowest BCUT2D eigenvalue weighted by Crippen LogP contribution is -2.53. The van der Waals surface area contributed by atoms with Gasteiger partial charge in [0.1, 0.15) is 0 Å². The van der Waals surface area contributed by atoms with Crippen molar-refractivity contribution < 1.29 is 1.43 Å². The Morgan fingerprint density at radius 3 is 1.96 bits per heavy atom. The third-order valence-corrected chi connectivity index (χ3v) is 9.13. The van der Waals surface area contributed by atoms with Crippen molar-refractivity contribution in [3.63, 3.8) is 0 Å². The average Bonchev–Trinajstić information content (AvgIpc) is 2.95. The first-order valence-electron chi connectivity index (χ1n) is 10.1. The molecule has 133 valence electrons. The lowest BCUT2D eigenvalue weighted by molar-refractivity contribution is -0.111. The minimum absolute atomic E-state index is 0. The maximum atomic E-state index is 2.64. The zero-order valence-corrected chi connectivity index (χ0v) is 15.3. The van der Waals surface area contributed by atoms with E-state index in [1.54, 1.807) is 38.5 Å². The van der Waals surface area contributed by atoms with Gasteiger partial charge in [-0.15, -0.1) is 0 Å². The van der Waals surface area contributed by atoms with Crippen LogP contribution >= 0.6 is 0 Å². The van der Waals surface area contributed by atoms with E-state index in [1.807, 2.05) is 0 Å². The molecule has 0 aromatic carbocycles. The molecule has 4 saturated carbocycles. The lowest BCUT2D eigenvalue weighted by atomic mass is 9.46. The first kappa shape index (κ1) is 19.4. The topological polar surface area (TPSA) is 0 Å². The van der Waals surface area contributed by atoms with E-state index in [4.69, 9.17) is 0 Å². The molecule has 0 nitrogen and oxygen atoms in total. The number of fused-ring (bicyclic) bond motifs is 5. The second kappa shape index (κ2) is 7.13. The molecule has 23 heavy (non-hydrogen) atoms. The van der Waals surface area contributed by atoms with Crippen LogP contribution in [0.1, 0.15) is 81.5 Å². The van der Waals surface area contributed by atoms with Crippen molar-refractivity contribution in [3.05, 3.63) is 0 Å². The molecule has 4 aliphatic carbocycles. The summed E-state index contributed by atoms with van der Waals surface area (Å²) < 4.78 is 0. The van der Waals surface area contributed by atoms with Crippen molar-refractivity contribution in [2.45, 2.75) is 80.1 Å². The Labute approximate surface area is 149 Å². The van der Waals surface area contributed by atoms with E-state index in [9.17, 15) is 0 Å². The van der Waals surface area contributed by atoms with E-state index in [0.29, 0.717) is 0 Å². The molecule has 0 N–H and O–H groups in total. The second-order valence-corrected chi connectivity index (χ2v) is 9.55. The van der Waals surface area contributed by atoms with Crippen LogP contribution in [0.2, 0.25) is 0 Å². The van der Waals surface area contributed by atoms with Crippen LogP contribution in [0.3, 0.4) is 0 Å². The molecule has 0 amide bonds. The van der Waals surface area contributed by atoms with Gasteiger partial charge in [-0.25, -0.2) is 0 Å². The van der Waals surface area contributed by atoms with E-state index in [0.717, 1.165) is 59.2 Å². The zero-order valence-electron chi connectivity index (χ0n) is 15.3. The molecular formula is C22H42B. The Kier molecular flexibility index (Phi) is 6.01. The molecule has 0 aromatic rings. The van der Waals surface area contributed by atoms with Crippen LogP contribution in [0, 0.1) is 59.2 Å². The van der Waals surface area contributed by atoms with Gasteiger partial charge in [-0.05, 0) is 84.9 Å². The normalized spacial score (nSPS) is 54.8. The van der Waals surface area contributed by atoms with Crippen molar-refractivity contribution in [3.8, 4) is 0 Å². The highest BCUT2D eigenvalue weighted by Crippen LogP contribution is 2.62. The molecule has 0 aromatic heterocycles. The van der Waals surface area contributed by atoms with Gasteiger partial charge in [0.05, 0.1) is 0 Å². The molecule has 0 spiro atoms. The third kappa shape index (κ3) is 2.83. The highest BCUT2D eigenvalue weighted by atomic mass is 14.6. The maximum Gasteiger partial charge on any atom is 0 e. The summed E-state index contributed by atoms with van der Waals surface area (Å²) in [7, 11) is 0. The summed E-state index contributed by atoms with van der Waals surface area (Å²) in [6.45, 7) is 10.4. The first-order chi connectivity index (χ1) is 10.1.